The van der Waals surface area contributed by atoms with Gasteiger partial charge in [-0.25, -0.2) is 17.6 Å². The molecule has 0 aliphatic carbocycles. The van der Waals surface area contributed by atoms with Gasteiger partial charge in [0.1, 0.15) is 23.3 Å². The monoisotopic (exact) mass is 286 g/mol. The number of hydrogen-bond acceptors (Lipinski definition) is 1. The van der Waals surface area contributed by atoms with E-state index in [0.717, 1.165) is 12.1 Å². The summed E-state index contributed by atoms with van der Waals surface area (Å²) in [6.07, 6.45) is 0. The number of thioether (sulfide) groups is 1. The molecule has 0 aromatic heterocycles. The second-order valence-corrected chi connectivity index (χ2v) is 5.03. The van der Waals surface area contributed by atoms with Crippen molar-refractivity contribution in [3.63, 3.8) is 0 Å². The fraction of sp³-hybridized carbons (Fsp3) is 0.143. The number of rotatable bonds is 4. The summed E-state index contributed by atoms with van der Waals surface area (Å²) >= 11 is 1.33. The molecule has 0 bridgehead atoms. The molecule has 0 amide bonds. The Morgan fingerprint density at radius 1 is 0.579 bits per heavy atom. The molecule has 0 spiro atoms. The third kappa shape index (κ3) is 4.28. The fourth-order valence-corrected chi connectivity index (χ4v) is 2.58. The minimum Gasteiger partial charge on any atom is -0.207 e. The zero-order valence-corrected chi connectivity index (χ0v) is 10.6. The normalized spacial score (nSPS) is 10.7. The van der Waals surface area contributed by atoms with Crippen molar-refractivity contribution in [2.45, 2.75) is 11.5 Å². The summed E-state index contributed by atoms with van der Waals surface area (Å²) in [6.45, 7) is 0. The first-order valence-corrected chi connectivity index (χ1v) is 6.66. The van der Waals surface area contributed by atoms with Gasteiger partial charge in [0.05, 0.1) is 0 Å². The minimum absolute atomic E-state index is 0.368. The largest absolute Gasteiger partial charge is 0.207 e. The summed E-state index contributed by atoms with van der Waals surface area (Å²) in [4.78, 5) is 0. The molecule has 0 saturated heterocycles. The Bertz CT molecular complexity index is 492. The minimum atomic E-state index is -0.632. The Morgan fingerprint density at radius 3 is 1.21 bits per heavy atom. The Hall–Kier alpha value is -1.49. The highest BCUT2D eigenvalue weighted by Gasteiger charge is 2.03. The molecule has 0 saturated carbocycles. The van der Waals surface area contributed by atoms with Crippen molar-refractivity contribution in [3.8, 4) is 0 Å². The van der Waals surface area contributed by atoms with Crippen LogP contribution in [0.2, 0.25) is 0 Å². The van der Waals surface area contributed by atoms with Gasteiger partial charge in [-0.05, 0) is 35.4 Å². The van der Waals surface area contributed by atoms with E-state index < -0.39 is 23.3 Å². The summed E-state index contributed by atoms with van der Waals surface area (Å²) in [5.74, 6) is -1.79. The van der Waals surface area contributed by atoms with Gasteiger partial charge in [0.15, 0.2) is 0 Å². The van der Waals surface area contributed by atoms with E-state index in [9.17, 15) is 17.6 Å². The lowest BCUT2D eigenvalue weighted by molar-refractivity contribution is 0.580. The summed E-state index contributed by atoms with van der Waals surface area (Å²) in [6, 6.07) is 6.56. The van der Waals surface area contributed by atoms with Gasteiger partial charge in [0, 0.05) is 23.6 Å². The molecule has 0 aliphatic heterocycles. The maximum atomic E-state index is 12.9. The van der Waals surface area contributed by atoms with Crippen LogP contribution in [0.15, 0.2) is 36.4 Å². The average Bonchev–Trinajstić information content (AvgIpc) is 2.26. The van der Waals surface area contributed by atoms with Crippen molar-refractivity contribution in [1.29, 1.82) is 0 Å². The molecule has 0 N–H and O–H groups in total. The van der Waals surface area contributed by atoms with Gasteiger partial charge in [-0.1, -0.05) is 0 Å². The predicted molar refractivity (Wildman–Crippen MR) is 67.7 cm³/mol. The van der Waals surface area contributed by atoms with Gasteiger partial charge in [-0.15, -0.1) is 0 Å². The third-order valence-electron chi connectivity index (χ3n) is 2.38. The van der Waals surface area contributed by atoms with Gasteiger partial charge in [-0.2, -0.15) is 11.8 Å². The van der Waals surface area contributed by atoms with Crippen LogP contribution in [0, 0.1) is 23.3 Å². The smallest absolute Gasteiger partial charge is 0.126 e. The first-order valence-electron chi connectivity index (χ1n) is 5.50. The highest BCUT2D eigenvalue weighted by atomic mass is 32.2. The summed E-state index contributed by atoms with van der Waals surface area (Å²) in [5.41, 5.74) is 0.999. The highest BCUT2D eigenvalue weighted by molar-refractivity contribution is 7.97. The summed E-state index contributed by atoms with van der Waals surface area (Å²) in [5, 5.41) is 0. The molecule has 0 aliphatic rings. The topological polar surface area (TPSA) is 0 Å². The zero-order chi connectivity index (χ0) is 13.8. The molecule has 5 heteroatoms. The van der Waals surface area contributed by atoms with Crippen LogP contribution in [0.25, 0.3) is 0 Å². The van der Waals surface area contributed by atoms with E-state index in [1.807, 2.05) is 0 Å². The molecule has 0 fully saturated rings. The van der Waals surface area contributed by atoms with E-state index >= 15 is 0 Å². The van der Waals surface area contributed by atoms with E-state index in [-0.39, 0.29) is 0 Å². The maximum Gasteiger partial charge on any atom is 0.126 e. The highest BCUT2D eigenvalue weighted by Crippen LogP contribution is 2.20. The zero-order valence-electron chi connectivity index (χ0n) is 9.80. The lowest BCUT2D eigenvalue weighted by atomic mass is 10.2. The molecule has 0 nitrogen and oxygen atoms in total. The molecule has 0 unspecified atom stereocenters. The van der Waals surface area contributed by atoms with Crippen molar-refractivity contribution in [3.05, 3.63) is 70.8 Å². The van der Waals surface area contributed by atoms with Crippen LogP contribution in [-0.2, 0) is 11.5 Å². The van der Waals surface area contributed by atoms with Crippen LogP contribution in [-0.4, -0.2) is 0 Å². The van der Waals surface area contributed by atoms with Crippen LogP contribution >= 0.6 is 11.8 Å². The van der Waals surface area contributed by atoms with E-state index in [1.54, 1.807) is 0 Å². The molecule has 0 atom stereocenters. The summed E-state index contributed by atoms with van der Waals surface area (Å²) < 4.78 is 51.7. The second-order valence-electron chi connectivity index (χ2n) is 4.05. The van der Waals surface area contributed by atoms with Crippen molar-refractivity contribution in [2.75, 3.05) is 0 Å². The molecule has 0 radical (unpaired) electrons. The van der Waals surface area contributed by atoms with Gasteiger partial charge >= 0.3 is 0 Å². The SMILES string of the molecule is Fc1cc(F)cc(CSCc2cc(F)cc(F)c2)c1. The second kappa shape index (κ2) is 6.10. The van der Waals surface area contributed by atoms with E-state index in [0.29, 0.717) is 22.6 Å². The molecule has 19 heavy (non-hydrogen) atoms. The molecule has 100 valence electrons. The van der Waals surface area contributed by atoms with Crippen molar-refractivity contribution < 1.29 is 17.6 Å². The first kappa shape index (κ1) is 13.9. The average molecular weight is 286 g/mol. The van der Waals surface area contributed by atoms with Gasteiger partial charge in [0.25, 0.3) is 0 Å². The Morgan fingerprint density at radius 2 is 0.895 bits per heavy atom. The Kier molecular flexibility index (Phi) is 4.47. The summed E-state index contributed by atoms with van der Waals surface area (Å²) in [7, 11) is 0. The maximum absolute atomic E-state index is 12.9. The number of halogens is 4. The fourth-order valence-electron chi connectivity index (χ4n) is 1.68. The van der Waals surface area contributed by atoms with Gasteiger partial charge in [0.2, 0.25) is 0 Å². The lowest BCUT2D eigenvalue weighted by Gasteiger charge is -2.04. The van der Waals surface area contributed by atoms with Crippen LogP contribution in [0.1, 0.15) is 11.1 Å². The third-order valence-corrected chi connectivity index (χ3v) is 3.46. The molecular formula is C14H10F4S. The quantitative estimate of drug-likeness (QED) is 0.736. The Labute approximate surface area is 112 Å². The molecular weight excluding hydrogens is 276 g/mol. The first-order chi connectivity index (χ1) is 9.02. The standard InChI is InChI=1S/C14H10F4S/c15-11-1-9(2-12(16)5-11)7-19-8-10-3-13(17)6-14(18)4-10/h1-6H,7-8H2. The van der Waals surface area contributed by atoms with Gasteiger partial charge in [-0.3, -0.25) is 0 Å². The van der Waals surface area contributed by atoms with Crippen LogP contribution < -0.4 is 0 Å². The van der Waals surface area contributed by atoms with E-state index in [1.165, 1.54) is 36.0 Å². The van der Waals surface area contributed by atoms with Crippen LogP contribution in [0.4, 0.5) is 17.6 Å². The predicted octanol–water partition coefficient (Wildman–Crippen LogP) is 4.68. The van der Waals surface area contributed by atoms with Crippen molar-refractivity contribution >= 4 is 11.8 Å². The number of benzene rings is 2. The number of hydrogen-bond donors (Lipinski definition) is 0. The molecule has 2 aromatic carbocycles. The van der Waals surface area contributed by atoms with E-state index in [2.05, 4.69) is 0 Å². The van der Waals surface area contributed by atoms with Crippen molar-refractivity contribution in [1.82, 2.24) is 0 Å². The van der Waals surface area contributed by atoms with Crippen LogP contribution in [0.3, 0.4) is 0 Å². The molecule has 2 rings (SSSR count). The van der Waals surface area contributed by atoms with Crippen LogP contribution in [0.5, 0.6) is 0 Å². The molecule has 2 aromatic rings. The Balaban J connectivity index is 1.96. The van der Waals surface area contributed by atoms with Gasteiger partial charge < -0.3 is 0 Å². The van der Waals surface area contributed by atoms with Crippen molar-refractivity contribution in [2.24, 2.45) is 0 Å². The van der Waals surface area contributed by atoms with E-state index in [4.69, 9.17) is 0 Å². The lowest BCUT2D eigenvalue weighted by Crippen LogP contribution is -1.89. The molecule has 0 heterocycles.